The maximum Gasteiger partial charge on any atom is 0.0249 e. The monoisotopic (exact) mass is 154 g/mol. The topological polar surface area (TPSA) is 0 Å². The summed E-state index contributed by atoms with van der Waals surface area (Å²) in [5.41, 5.74) is 1.89. The van der Waals surface area contributed by atoms with Gasteiger partial charge in [0.2, 0.25) is 0 Å². The SMILES string of the molecule is C=CC#CC(=C)c1ccccc1. The van der Waals surface area contributed by atoms with Gasteiger partial charge >= 0.3 is 0 Å². The van der Waals surface area contributed by atoms with Crippen LogP contribution >= 0.6 is 0 Å². The van der Waals surface area contributed by atoms with E-state index in [4.69, 9.17) is 0 Å². The molecule has 12 heavy (non-hydrogen) atoms. The standard InChI is InChI=1S/C12H10/c1-3-4-8-11(2)12-9-6-5-7-10-12/h3,5-7,9-10H,1-2H2. The Balaban J connectivity index is 2.86. The number of allylic oxidation sites excluding steroid dienone is 2. The Labute approximate surface area is 73.2 Å². The first-order chi connectivity index (χ1) is 5.84. The first-order valence-corrected chi connectivity index (χ1v) is 3.71. The largest absolute Gasteiger partial charge is 0.0906 e. The summed E-state index contributed by atoms with van der Waals surface area (Å²) in [5.74, 6) is 5.65. The van der Waals surface area contributed by atoms with E-state index >= 15 is 0 Å². The fourth-order valence-corrected chi connectivity index (χ4v) is 0.850. The molecule has 0 aliphatic heterocycles. The summed E-state index contributed by atoms with van der Waals surface area (Å²) in [6.07, 6.45) is 1.56. The summed E-state index contributed by atoms with van der Waals surface area (Å²) in [4.78, 5) is 0. The minimum Gasteiger partial charge on any atom is -0.0906 e. The van der Waals surface area contributed by atoms with Crippen molar-refractivity contribution in [2.24, 2.45) is 0 Å². The molecule has 0 unspecified atom stereocenters. The van der Waals surface area contributed by atoms with E-state index in [2.05, 4.69) is 25.0 Å². The molecular formula is C12H10. The summed E-state index contributed by atoms with van der Waals surface area (Å²) in [5, 5.41) is 0. The molecule has 0 bridgehead atoms. The molecule has 0 saturated heterocycles. The lowest BCUT2D eigenvalue weighted by atomic mass is 10.1. The van der Waals surface area contributed by atoms with E-state index < -0.39 is 0 Å². The average Bonchev–Trinajstić information content (AvgIpc) is 2.15. The summed E-state index contributed by atoms with van der Waals surface area (Å²) in [6.45, 7) is 7.35. The zero-order chi connectivity index (χ0) is 8.81. The summed E-state index contributed by atoms with van der Waals surface area (Å²) in [6, 6.07) is 9.88. The van der Waals surface area contributed by atoms with Crippen LogP contribution < -0.4 is 0 Å². The van der Waals surface area contributed by atoms with Gasteiger partial charge in [0, 0.05) is 5.57 Å². The zero-order valence-electron chi connectivity index (χ0n) is 6.88. The Hall–Kier alpha value is -1.74. The molecule has 0 spiro atoms. The Kier molecular flexibility index (Phi) is 2.93. The first-order valence-electron chi connectivity index (χ1n) is 3.71. The van der Waals surface area contributed by atoms with Gasteiger partial charge in [0.25, 0.3) is 0 Å². The molecule has 0 amide bonds. The van der Waals surface area contributed by atoms with Gasteiger partial charge < -0.3 is 0 Å². The highest BCUT2D eigenvalue weighted by Crippen LogP contribution is 2.09. The molecule has 0 nitrogen and oxygen atoms in total. The van der Waals surface area contributed by atoms with Crippen LogP contribution in [0.4, 0.5) is 0 Å². The predicted molar refractivity (Wildman–Crippen MR) is 53.4 cm³/mol. The van der Waals surface area contributed by atoms with Crippen molar-refractivity contribution in [3.8, 4) is 11.8 Å². The minimum atomic E-state index is 0.829. The molecule has 0 aliphatic rings. The second kappa shape index (κ2) is 4.20. The number of benzene rings is 1. The molecule has 58 valence electrons. The van der Waals surface area contributed by atoms with Gasteiger partial charge in [-0.2, -0.15) is 0 Å². The van der Waals surface area contributed by atoms with Gasteiger partial charge in [-0.15, -0.1) is 0 Å². The van der Waals surface area contributed by atoms with Crippen molar-refractivity contribution >= 4 is 5.57 Å². The lowest BCUT2D eigenvalue weighted by Crippen LogP contribution is -1.76. The third kappa shape index (κ3) is 2.14. The van der Waals surface area contributed by atoms with Crippen LogP contribution in [0.1, 0.15) is 5.56 Å². The Bertz CT molecular complexity index is 333. The molecular weight excluding hydrogens is 144 g/mol. The summed E-state index contributed by atoms with van der Waals surface area (Å²) < 4.78 is 0. The quantitative estimate of drug-likeness (QED) is 0.545. The fraction of sp³-hybridized carbons (Fsp3) is 0. The van der Waals surface area contributed by atoms with E-state index in [-0.39, 0.29) is 0 Å². The van der Waals surface area contributed by atoms with Crippen molar-refractivity contribution in [1.29, 1.82) is 0 Å². The average molecular weight is 154 g/mol. The Morgan fingerprint density at radius 3 is 2.50 bits per heavy atom. The van der Waals surface area contributed by atoms with Gasteiger partial charge in [0.15, 0.2) is 0 Å². The third-order valence-corrected chi connectivity index (χ3v) is 1.45. The van der Waals surface area contributed by atoms with Gasteiger partial charge in [0.1, 0.15) is 0 Å². The van der Waals surface area contributed by atoms with Crippen molar-refractivity contribution < 1.29 is 0 Å². The van der Waals surface area contributed by atoms with Crippen molar-refractivity contribution in [2.75, 3.05) is 0 Å². The maximum absolute atomic E-state index is 3.84. The second-order valence-corrected chi connectivity index (χ2v) is 2.32. The van der Waals surface area contributed by atoms with E-state index in [1.165, 1.54) is 0 Å². The van der Waals surface area contributed by atoms with E-state index in [0.717, 1.165) is 11.1 Å². The van der Waals surface area contributed by atoms with Crippen LogP contribution in [-0.2, 0) is 0 Å². The van der Waals surface area contributed by atoms with Gasteiger partial charge in [0.05, 0.1) is 0 Å². The minimum absolute atomic E-state index is 0.829. The normalized spacial score (nSPS) is 8.00. The maximum atomic E-state index is 3.84. The highest BCUT2D eigenvalue weighted by molar-refractivity contribution is 5.77. The van der Waals surface area contributed by atoms with Crippen molar-refractivity contribution in [3.63, 3.8) is 0 Å². The zero-order valence-corrected chi connectivity index (χ0v) is 6.88. The van der Waals surface area contributed by atoms with Crippen LogP contribution in [0.2, 0.25) is 0 Å². The Morgan fingerprint density at radius 1 is 1.25 bits per heavy atom. The highest BCUT2D eigenvalue weighted by atomic mass is 13.9. The molecule has 0 fully saturated rings. The fourth-order valence-electron chi connectivity index (χ4n) is 0.850. The molecule has 0 atom stereocenters. The van der Waals surface area contributed by atoms with E-state index in [9.17, 15) is 0 Å². The van der Waals surface area contributed by atoms with Crippen LogP contribution in [0.25, 0.3) is 5.57 Å². The highest BCUT2D eigenvalue weighted by Gasteiger charge is 1.90. The van der Waals surface area contributed by atoms with Crippen molar-refractivity contribution in [3.05, 3.63) is 55.1 Å². The molecule has 0 N–H and O–H groups in total. The molecule has 0 heteroatoms. The van der Waals surface area contributed by atoms with Gasteiger partial charge in [-0.1, -0.05) is 55.3 Å². The molecule has 0 aliphatic carbocycles. The smallest absolute Gasteiger partial charge is 0.0249 e. The van der Waals surface area contributed by atoms with E-state index in [1.807, 2.05) is 30.3 Å². The molecule has 0 heterocycles. The third-order valence-electron chi connectivity index (χ3n) is 1.45. The first kappa shape index (κ1) is 8.36. The van der Waals surface area contributed by atoms with Gasteiger partial charge in [-0.25, -0.2) is 0 Å². The van der Waals surface area contributed by atoms with Crippen LogP contribution in [0.5, 0.6) is 0 Å². The molecule has 0 radical (unpaired) electrons. The van der Waals surface area contributed by atoms with Crippen molar-refractivity contribution in [1.82, 2.24) is 0 Å². The molecule has 0 aromatic heterocycles. The van der Waals surface area contributed by atoms with Gasteiger partial charge in [-0.05, 0) is 11.6 Å². The van der Waals surface area contributed by atoms with Crippen LogP contribution in [0.15, 0.2) is 49.6 Å². The summed E-state index contributed by atoms with van der Waals surface area (Å²) >= 11 is 0. The van der Waals surface area contributed by atoms with E-state index in [0.29, 0.717) is 0 Å². The molecule has 1 aromatic carbocycles. The number of hydrogen-bond acceptors (Lipinski definition) is 0. The van der Waals surface area contributed by atoms with Crippen molar-refractivity contribution in [2.45, 2.75) is 0 Å². The van der Waals surface area contributed by atoms with E-state index in [1.54, 1.807) is 6.08 Å². The van der Waals surface area contributed by atoms with Crippen LogP contribution in [-0.4, -0.2) is 0 Å². The summed E-state index contributed by atoms with van der Waals surface area (Å²) in [7, 11) is 0. The molecule has 1 aromatic rings. The lowest BCUT2D eigenvalue weighted by molar-refractivity contribution is 1.64. The Morgan fingerprint density at radius 2 is 1.92 bits per heavy atom. The number of hydrogen-bond donors (Lipinski definition) is 0. The predicted octanol–water partition coefficient (Wildman–Crippen LogP) is 2.89. The van der Waals surface area contributed by atoms with Gasteiger partial charge in [-0.3, -0.25) is 0 Å². The van der Waals surface area contributed by atoms with Crippen LogP contribution in [0, 0.1) is 11.8 Å². The molecule has 1 rings (SSSR count). The molecule has 0 saturated carbocycles. The second-order valence-electron chi connectivity index (χ2n) is 2.32. The van der Waals surface area contributed by atoms with Crippen LogP contribution in [0.3, 0.4) is 0 Å². The number of rotatable bonds is 1. The lowest BCUT2D eigenvalue weighted by Gasteiger charge is -1.94.